The van der Waals surface area contributed by atoms with Crippen LogP contribution in [0.4, 0.5) is 0 Å². The van der Waals surface area contributed by atoms with E-state index in [1.807, 2.05) is 6.08 Å². The number of rotatable bonds is 21. The molecule has 4 atom stereocenters. The van der Waals surface area contributed by atoms with E-state index < -0.39 is 16.6 Å². The Morgan fingerprint density at radius 2 is 1.40 bits per heavy atom. The van der Waals surface area contributed by atoms with Crippen molar-refractivity contribution in [3.63, 3.8) is 0 Å². The molecular weight excluding hydrogens is 468 g/mol. The van der Waals surface area contributed by atoms with Gasteiger partial charge in [-0.15, -0.1) is 6.58 Å². The van der Waals surface area contributed by atoms with Gasteiger partial charge >= 0.3 is 0 Å². The molecule has 0 fully saturated rings. The van der Waals surface area contributed by atoms with Gasteiger partial charge in [-0.05, 0) is 56.0 Å². The summed E-state index contributed by atoms with van der Waals surface area (Å²) in [6.07, 6.45) is 11.6. The minimum Gasteiger partial charge on any atom is -0.411 e. The number of carbonyl (C=O) groups is 1. The number of ether oxygens (including phenoxy) is 1. The lowest BCUT2D eigenvalue weighted by Crippen LogP contribution is -2.44. The summed E-state index contributed by atoms with van der Waals surface area (Å²) in [5.41, 5.74) is 1.22. The van der Waals surface area contributed by atoms with Crippen LogP contribution in [0.5, 0.6) is 0 Å². The summed E-state index contributed by atoms with van der Waals surface area (Å²) in [6.45, 7) is 21.9. The van der Waals surface area contributed by atoms with Gasteiger partial charge in [0.2, 0.25) is 0 Å². The third kappa shape index (κ3) is 11.4. The maximum Gasteiger partial charge on any atom is 0.192 e. The molecule has 0 N–H and O–H groups in total. The zero-order chi connectivity index (χ0) is 26.9. The van der Waals surface area contributed by atoms with Crippen molar-refractivity contribution in [3.8, 4) is 0 Å². The van der Waals surface area contributed by atoms with Crippen molar-refractivity contribution >= 4 is 22.9 Å². The third-order valence-electron chi connectivity index (χ3n) is 8.06. The molecule has 0 unspecified atom stereocenters. The molecule has 0 bridgehead atoms. The molecule has 0 aromatic heterocycles. The van der Waals surface area contributed by atoms with Gasteiger partial charge < -0.3 is 18.4 Å². The Bertz CT molecular complexity index is 622. The molecule has 0 radical (unpaired) electrons. The maximum absolute atomic E-state index is 11.3. The Labute approximate surface area is 219 Å². The van der Waals surface area contributed by atoms with E-state index in [0.29, 0.717) is 6.42 Å². The van der Waals surface area contributed by atoms with Crippen molar-refractivity contribution in [3.05, 3.63) is 36.5 Å². The molecule has 0 saturated heterocycles. The average molecular weight is 525 g/mol. The first-order valence-electron chi connectivity index (χ1n) is 14.0. The SMILES string of the molecule is C=C[C@@H](C)[C@@H](/C=C/C(C)=C/CC[C@H](O[Si](CC)(CC)CC)[C@H](CC=O)OC)O[Si](CC)(CC)CC. The topological polar surface area (TPSA) is 44.8 Å². The minimum absolute atomic E-state index is 0.0492. The van der Waals surface area contributed by atoms with Gasteiger partial charge in [0.15, 0.2) is 16.6 Å². The van der Waals surface area contributed by atoms with Gasteiger partial charge in [-0.25, -0.2) is 0 Å². The predicted molar refractivity (Wildman–Crippen MR) is 157 cm³/mol. The van der Waals surface area contributed by atoms with Crippen molar-refractivity contribution in [2.45, 2.75) is 129 Å². The summed E-state index contributed by atoms with van der Waals surface area (Å²) < 4.78 is 19.3. The van der Waals surface area contributed by atoms with E-state index in [-0.39, 0.29) is 24.2 Å². The highest BCUT2D eigenvalue weighted by molar-refractivity contribution is 6.74. The van der Waals surface area contributed by atoms with Crippen molar-refractivity contribution in [2.24, 2.45) is 5.92 Å². The molecule has 0 aromatic rings. The van der Waals surface area contributed by atoms with Gasteiger partial charge in [-0.2, -0.15) is 0 Å². The van der Waals surface area contributed by atoms with Crippen LogP contribution >= 0.6 is 0 Å². The Morgan fingerprint density at radius 1 is 0.886 bits per heavy atom. The van der Waals surface area contributed by atoms with E-state index in [4.69, 9.17) is 13.6 Å². The van der Waals surface area contributed by atoms with Crippen LogP contribution in [0.3, 0.4) is 0 Å². The molecule has 0 aliphatic carbocycles. The lowest BCUT2D eigenvalue weighted by atomic mass is 10.0. The summed E-state index contributed by atoms with van der Waals surface area (Å²) in [6, 6.07) is 6.70. The number of allylic oxidation sites excluding steroid dienone is 3. The van der Waals surface area contributed by atoms with Crippen molar-refractivity contribution in [1.82, 2.24) is 0 Å². The smallest absolute Gasteiger partial charge is 0.192 e. The van der Waals surface area contributed by atoms with Gasteiger partial charge in [0, 0.05) is 19.4 Å². The summed E-state index contributed by atoms with van der Waals surface area (Å²) in [7, 11) is -1.81. The van der Waals surface area contributed by atoms with Crippen LogP contribution in [0.1, 0.15) is 74.7 Å². The van der Waals surface area contributed by atoms with Crippen LogP contribution in [-0.2, 0) is 18.4 Å². The highest BCUT2D eigenvalue weighted by Crippen LogP contribution is 2.28. The Hall–Kier alpha value is -0.796. The summed E-state index contributed by atoms with van der Waals surface area (Å²) >= 11 is 0. The Morgan fingerprint density at radius 3 is 1.83 bits per heavy atom. The molecule has 0 aliphatic heterocycles. The molecule has 0 spiro atoms. The zero-order valence-corrected chi connectivity index (χ0v) is 26.4. The molecular formula is C29H56O4Si2. The first-order valence-corrected chi connectivity index (χ1v) is 19.0. The predicted octanol–water partition coefficient (Wildman–Crippen LogP) is 8.48. The van der Waals surface area contributed by atoms with Gasteiger partial charge in [-0.1, -0.05) is 78.3 Å². The van der Waals surface area contributed by atoms with Crippen LogP contribution in [-0.4, -0.2) is 48.3 Å². The van der Waals surface area contributed by atoms with E-state index in [1.165, 1.54) is 5.57 Å². The number of aldehydes is 1. The number of hydrogen-bond acceptors (Lipinski definition) is 4. The first kappa shape index (κ1) is 34.2. The summed E-state index contributed by atoms with van der Waals surface area (Å²) in [5, 5.41) is 0. The molecule has 6 heteroatoms. The third-order valence-corrected chi connectivity index (χ3v) is 17.4. The van der Waals surface area contributed by atoms with E-state index in [1.54, 1.807) is 7.11 Å². The summed E-state index contributed by atoms with van der Waals surface area (Å²) in [5.74, 6) is 0.273. The molecule has 4 nitrogen and oxygen atoms in total. The number of methoxy groups -OCH3 is 1. The van der Waals surface area contributed by atoms with E-state index in [9.17, 15) is 4.79 Å². The van der Waals surface area contributed by atoms with Crippen LogP contribution < -0.4 is 0 Å². The van der Waals surface area contributed by atoms with Crippen LogP contribution in [0.15, 0.2) is 36.5 Å². The van der Waals surface area contributed by atoms with Gasteiger partial charge in [0.1, 0.15) is 6.29 Å². The zero-order valence-electron chi connectivity index (χ0n) is 24.4. The minimum atomic E-state index is -1.80. The van der Waals surface area contributed by atoms with Crippen molar-refractivity contribution < 1.29 is 18.4 Å². The van der Waals surface area contributed by atoms with Crippen LogP contribution in [0.25, 0.3) is 0 Å². The van der Waals surface area contributed by atoms with Gasteiger partial charge in [0.05, 0.1) is 18.3 Å². The number of hydrogen-bond donors (Lipinski definition) is 0. The fourth-order valence-corrected chi connectivity index (χ4v) is 10.5. The largest absolute Gasteiger partial charge is 0.411 e. The van der Waals surface area contributed by atoms with Crippen molar-refractivity contribution in [2.75, 3.05) is 7.11 Å². The highest BCUT2D eigenvalue weighted by atomic mass is 28.4. The maximum atomic E-state index is 11.3. The second-order valence-corrected chi connectivity index (χ2v) is 19.3. The van der Waals surface area contributed by atoms with Crippen LogP contribution in [0, 0.1) is 5.92 Å². The fourth-order valence-electron chi connectivity index (χ4n) is 4.67. The van der Waals surface area contributed by atoms with Crippen LogP contribution in [0.2, 0.25) is 36.3 Å². The Balaban J connectivity index is 5.52. The molecule has 0 amide bonds. The van der Waals surface area contributed by atoms with E-state index in [2.05, 4.69) is 80.2 Å². The lowest BCUT2D eigenvalue weighted by Gasteiger charge is -2.36. The fraction of sp³-hybridized carbons (Fsp3) is 0.759. The molecule has 0 aromatic carbocycles. The van der Waals surface area contributed by atoms with E-state index >= 15 is 0 Å². The highest BCUT2D eigenvalue weighted by Gasteiger charge is 2.35. The number of carbonyl (C=O) groups excluding carboxylic acids is 1. The van der Waals surface area contributed by atoms with Gasteiger partial charge in [0.25, 0.3) is 0 Å². The molecule has 0 saturated carbocycles. The standard InChI is InChI=1S/C29H56O4Si2/c1-11-26(9)27(32-34(12-2,13-3)14-4)22-21-25(8)19-18-20-29(28(31-10)23-24-30)33-35(15-5,16-6)17-7/h11,19,21-22,24,26-29H,1,12-18,20,23H2,2-10H3/b22-21+,25-19+/t26-,27-,28+,29+/m1/s1. The van der Waals surface area contributed by atoms with Crippen molar-refractivity contribution in [1.29, 1.82) is 0 Å². The van der Waals surface area contributed by atoms with E-state index in [0.717, 1.165) is 55.4 Å². The molecule has 204 valence electrons. The molecule has 0 rings (SSSR count). The first-order chi connectivity index (χ1) is 16.7. The quantitative estimate of drug-likeness (QED) is 0.0653. The second kappa shape index (κ2) is 18.4. The molecule has 0 heterocycles. The van der Waals surface area contributed by atoms with Gasteiger partial charge in [-0.3, -0.25) is 0 Å². The summed E-state index contributed by atoms with van der Waals surface area (Å²) in [4.78, 5) is 11.3. The lowest BCUT2D eigenvalue weighted by molar-refractivity contribution is -0.112. The normalized spacial score (nSPS) is 16.8. The molecule has 0 aliphatic rings. The second-order valence-electron chi connectivity index (χ2n) is 9.88. The Kier molecular flexibility index (Phi) is 18.0. The monoisotopic (exact) mass is 524 g/mol. The molecule has 35 heavy (non-hydrogen) atoms. The average Bonchev–Trinajstić information content (AvgIpc) is 2.89.